The molecule has 0 atom stereocenters. The van der Waals surface area contributed by atoms with Crippen LogP contribution in [0.25, 0.3) is 0 Å². The van der Waals surface area contributed by atoms with E-state index in [1.807, 2.05) is 7.05 Å². The Morgan fingerprint density at radius 2 is 1.90 bits per heavy atom. The molecule has 1 aromatic rings. The van der Waals surface area contributed by atoms with Crippen molar-refractivity contribution >= 4 is 11.6 Å². The Morgan fingerprint density at radius 3 is 2.40 bits per heavy atom. The molecule has 1 aliphatic rings. The van der Waals surface area contributed by atoms with Crippen LogP contribution < -0.4 is 10.2 Å². The number of aromatic nitrogens is 2. The summed E-state index contributed by atoms with van der Waals surface area (Å²) in [6.07, 6.45) is 2.51. The van der Waals surface area contributed by atoms with Gasteiger partial charge in [0.05, 0.1) is 6.10 Å². The zero-order valence-electron chi connectivity index (χ0n) is 13.2. The Morgan fingerprint density at radius 1 is 1.25 bits per heavy atom. The first-order valence-corrected chi connectivity index (χ1v) is 7.40. The number of hydrogen-bond donors (Lipinski definition) is 1. The fourth-order valence-corrected chi connectivity index (χ4v) is 2.63. The van der Waals surface area contributed by atoms with E-state index in [1.165, 1.54) is 0 Å². The number of anilines is 2. The molecule has 1 saturated heterocycles. The molecule has 0 spiro atoms. The lowest BCUT2D eigenvalue weighted by atomic mass is 10.1. The maximum absolute atomic E-state index is 5.44. The molecule has 0 saturated carbocycles. The van der Waals surface area contributed by atoms with Crippen molar-refractivity contribution in [3.05, 3.63) is 11.4 Å². The van der Waals surface area contributed by atoms with E-state index < -0.39 is 0 Å². The number of rotatable bonds is 4. The number of methoxy groups -OCH3 is 1. The number of nitrogens with one attached hydrogen (secondary N) is 1. The third-order valence-electron chi connectivity index (χ3n) is 3.97. The van der Waals surface area contributed by atoms with E-state index in [2.05, 4.69) is 36.0 Å². The largest absolute Gasteiger partial charge is 0.381 e. The summed E-state index contributed by atoms with van der Waals surface area (Å²) < 4.78 is 5.44. The van der Waals surface area contributed by atoms with Crippen molar-refractivity contribution < 1.29 is 4.74 Å². The van der Waals surface area contributed by atoms with Crippen molar-refractivity contribution in [1.82, 2.24) is 9.97 Å². The van der Waals surface area contributed by atoms with Crippen LogP contribution in [0.1, 0.15) is 44.0 Å². The van der Waals surface area contributed by atoms with E-state index in [9.17, 15) is 0 Å². The first-order chi connectivity index (χ1) is 9.56. The molecule has 0 amide bonds. The van der Waals surface area contributed by atoms with Gasteiger partial charge in [-0.25, -0.2) is 9.97 Å². The Kier molecular flexibility index (Phi) is 4.81. The molecule has 0 aromatic carbocycles. The Bertz CT molecular complexity index is 453. The van der Waals surface area contributed by atoms with Gasteiger partial charge in [0, 0.05) is 38.7 Å². The maximum atomic E-state index is 5.44. The molecule has 5 heteroatoms. The summed E-state index contributed by atoms with van der Waals surface area (Å²) in [6, 6.07) is 0. The molecule has 0 aliphatic carbocycles. The second-order valence-corrected chi connectivity index (χ2v) is 5.71. The smallest absolute Gasteiger partial charge is 0.137 e. The quantitative estimate of drug-likeness (QED) is 0.917. The van der Waals surface area contributed by atoms with E-state index in [0.717, 1.165) is 49.0 Å². The molecule has 1 aromatic heterocycles. The zero-order chi connectivity index (χ0) is 14.7. The predicted molar refractivity (Wildman–Crippen MR) is 82.6 cm³/mol. The highest BCUT2D eigenvalue weighted by molar-refractivity contribution is 5.58. The topological polar surface area (TPSA) is 50.3 Å². The first kappa shape index (κ1) is 15.0. The molecule has 1 aliphatic heterocycles. The first-order valence-electron chi connectivity index (χ1n) is 7.40. The summed E-state index contributed by atoms with van der Waals surface area (Å²) in [5.41, 5.74) is 1.13. The van der Waals surface area contributed by atoms with Crippen LogP contribution in [0, 0.1) is 6.92 Å². The van der Waals surface area contributed by atoms with Gasteiger partial charge >= 0.3 is 0 Å². The summed E-state index contributed by atoms with van der Waals surface area (Å²) in [4.78, 5) is 11.8. The van der Waals surface area contributed by atoms with E-state index >= 15 is 0 Å². The standard InChI is InChI=1S/C15H26N4O/c1-10(2)13-17-14(16-4)11(3)15(18-13)19-8-6-12(20-5)7-9-19/h10,12H,6-9H2,1-5H3,(H,16,17,18). The van der Waals surface area contributed by atoms with Crippen molar-refractivity contribution in [3.8, 4) is 0 Å². The summed E-state index contributed by atoms with van der Waals surface area (Å²) in [5.74, 6) is 3.25. The van der Waals surface area contributed by atoms with Gasteiger partial charge in [0.15, 0.2) is 0 Å². The molecule has 0 bridgehead atoms. The maximum Gasteiger partial charge on any atom is 0.137 e. The van der Waals surface area contributed by atoms with Crippen LogP contribution in [0.2, 0.25) is 0 Å². The van der Waals surface area contributed by atoms with Gasteiger partial charge in [-0.2, -0.15) is 0 Å². The van der Waals surface area contributed by atoms with Gasteiger partial charge in [-0.3, -0.25) is 0 Å². The van der Waals surface area contributed by atoms with Crippen molar-refractivity contribution in [2.24, 2.45) is 0 Å². The van der Waals surface area contributed by atoms with E-state index in [0.29, 0.717) is 12.0 Å². The second kappa shape index (κ2) is 6.39. The van der Waals surface area contributed by atoms with Gasteiger partial charge in [-0.05, 0) is 19.8 Å². The van der Waals surface area contributed by atoms with Crippen molar-refractivity contribution in [1.29, 1.82) is 0 Å². The van der Waals surface area contributed by atoms with Crippen LogP contribution in [0.5, 0.6) is 0 Å². The van der Waals surface area contributed by atoms with Gasteiger partial charge in [0.25, 0.3) is 0 Å². The van der Waals surface area contributed by atoms with Crippen LogP contribution in [0.4, 0.5) is 11.6 Å². The number of nitrogens with zero attached hydrogens (tertiary/aromatic N) is 3. The fraction of sp³-hybridized carbons (Fsp3) is 0.733. The molecule has 2 rings (SSSR count). The molecule has 20 heavy (non-hydrogen) atoms. The van der Waals surface area contributed by atoms with Gasteiger partial charge in [-0.15, -0.1) is 0 Å². The molecule has 2 heterocycles. The van der Waals surface area contributed by atoms with E-state index in [4.69, 9.17) is 9.72 Å². The second-order valence-electron chi connectivity index (χ2n) is 5.71. The van der Waals surface area contributed by atoms with Crippen LogP contribution in [0.3, 0.4) is 0 Å². The Labute approximate surface area is 121 Å². The third-order valence-corrected chi connectivity index (χ3v) is 3.97. The minimum atomic E-state index is 0.331. The van der Waals surface area contributed by atoms with Gasteiger partial charge in [0.2, 0.25) is 0 Å². The molecule has 0 radical (unpaired) electrons. The third kappa shape index (κ3) is 3.03. The molecule has 5 nitrogen and oxygen atoms in total. The number of hydrogen-bond acceptors (Lipinski definition) is 5. The molecule has 112 valence electrons. The average molecular weight is 278 g/mol. The van der Waals surface area contributed by atoms with Crippen molar-refractivity contribution in [3.63, 3.8) is 0 Å². The van der Waals surface area contributed by atoms with Gasteiger partial charge in [-0.1, -0.05) is 13.8 Å². The minimum absolute atomic E-state index is 0.331. The minimum Gasteiger partial charge on any atom is -0.381 e. The van der Waals surface area contributed by atoms with Crippen LogP contribution in [-0.2, 0) is 4.74 Å². The van der Waals surface area contributed by atoms with Crippen molar-refractivity contribution in [2.75, 3.05) is 37.5 Å². The molecule has 0 unspecified atom stereocenters. The number of piperidine rings is 1. The molecular weight excluding hydrogens is 252 g/mol. The lowest BCUT2D eigenvalue weighted by Crippen LogP contribution is -2.37. The monoisotopic (exact) mass is 278 g/mol. The highest BCUT2D eigenvalue weighted by Gasteiger charge is 2.23. The summed E-state index contributed by atoms with van der Waals surface area (Å²) in [6.45, 7) is 8.35. The molecule has 1 N–H and O–H groups in total. The molecule has 1 fully saturated rings. The fourth-order valence-electron chi connectivity index (χ4n) is 2.63. The average Bonchev–Trinajstić information content (AvgIpc) is 2.47. The zero-order valence-corrected chi connectivity index (χ0v) is 13.2. The summed E-state index contributed by atoms with van der Waals surface area (Å²) in [5, 5.41) is 3.19. The number of ether oxygens (including phenoxy) is 1. The van der Waals surface area contributed by atoms with Gasteiger partial charge in [0.1, 0.15) is 17.5 Å². The van der Waals surface area contributed by atoms with Gasteiger partial charge < -0.3 is 15.0 Å². The normalized spacial score (nSPS) is 16.8. The van der Waals surface area contributed by atoms with E-state index in [1.54, 1.807) is 7.11 Å². The SMILES string of the molecule is CNc1nc(C(C)C)nc(N2CCC(OC)CC2)c1C. The van der Waals surface area contributed by atoms with Crippen LogP contribution in [-0.4, -0.2) is 43.3 Å². The Hall–Kier alpha value is -1.36. The lowest BCUT2D eigenvalue weighted by Gasteiger charge is -2.33. The Balaban J connectivity index is 2.28. The highest BCUT2D eigenvalue weighted by atomic mass is 16.5. The summed E-state index contributed by atoms with van der Waals surface area (Å²) in [7, 11) is 3.71. The van der Waals surface area contributed by atoms with E-state index in [-0.39, 0.29) is 0 Å². The predicted octanol–water partition coefficient (Wildman–Crippen LogP) is 2.57. The summed E-state index contributed by atoms with van der Waals surface area (Å²) >= 11 is 0. The van der Waals surface area contributed by atoms with Crippen molar-refractivity contribution in [2.45, 2.75) is 45.6 Å². The van der Waals surface area contributed by atoms with Crippen LogP contribution >= 0.6 is 0 Å². The highest BCUT2D eigenvalue weighted by Crippen LogP contribution is 2.28. The molecular formula is C15H26N4O. The lowest BCUT2D eigenvalue weighted by molar-refractivity contribution is 0.0817. The van der Waals surface area contributed by atoms with Crippen LogP contribution in [0.15, 0.2) is 0 Å².